The minimum Gasteiger partial charge on any atom is -0.458 e. The molecule has 0 aliphatic carbocycles. The van der Waals surface area contributed by atoms with E-state index >= 15 is 0 Å². The molecule has 3 aromatic heterocycles. The van der Waals surface area contributed by atoms with Crippen LogP contribution in [0, 0.1) is 0 Å². The Hall–Kier alpha value is -8.74. The molecule has 0 bridgehead atoms. The number of hydrogen-bond acceptors (Lipinski definition) is 2. The third-order valence-corrected chi connectivity index (χ3v) is 19.1. The normalized spacial score (nSPS) is 13.8. The molecule has 0 radical (unpaired) electrons. The van der Waals surface area contributed by atoms with Crippen LogP contribution in [0.4, 0.5) is 17.1 Å². The molecular formula is C80H77BN4O. The van der Waals surface area contributed by atoms with Crippen molar-refractivity contribution in [3.8, 4) is 28.6 Å². The third kappa shape index (κ3) is 8.25. The minimum atomic E-state index is -0.0673. The van der Waals surface area contributed by atoms with Crippen molar-refractivity contribution in [2.75, 3.05) is 4.90 Å². The van der Waals surface area contributed by atoms with Gasteiger partial charge in [-0.1, -0.05) is 201 Å². The van der Waals surface area contributed by atoms with Gasteiger partial charge in [-0.15, -0.1) is 0 Å². The average molecular weight is 1120 g/mol. The largest absolute Gasteiger partial charge is 0.458 e. The van der Waals surface area contributed by atoms with Gasteiger partial charge in [-0.25, -0.2) is 0 Å². The highest BCUT2D eigenvalue weighted by molar-refractivity contribution is 6.99. The number of anilines is 3. The molecule has 10 aromatic carbocycles. The number of para-hydroxylation sites is 2. The SMILES string of the molecule is CC(C)(C)c1ccc(N2c3ccc(C(C)(C)C)cc3B3c4cc(C(C)(C)C)ccc4Oc4cc(-n5c6ccccc6c6ccc7c8ccccc8n(-c8ccc(-n9c%10ccc(C(C)(C)C)cc%10c%10cc(C(C)(C)C)ccc%109)cc8)c7c65)cc2c43)cc1. The maximum Gasteiger partial charge on any atom is 0.256 e. The average Bonchev–Trinajstić information content (AvgIpc) is 1.22. The second kappa shape index (κ2) is 18.4. The zero-order valence-corrected chi connectivity index (χ0v) is 52.7. The zero-order chi connectivity index (χ0) is 59.9. The van der Waals surface area contributed by atoms with Gasteiger partial charge >= 0.3 is 0 Å². The minimum absolute atomic E-state index is 0.00131. The van der Waals surface area contributed by atoms with Crippen LogP contribution in [-0.4, -0.2) is 20.4 Å². The predicted molar refractivity (Wildman–Crippen MR) is 369 cm³/mol. The monoisotopic (exact) mass is 1120 g/mol. The molecule has 13 aromatic rings. The van der Waals surface area contributed by atoms with Crippen LogP contribution in [0.3, 0.4) is 0 Å². The van der Waals surface area contributed by atoms with Crippen molar-refractivity contribution in [3.05, 3.63) is 222 Å². The molecular weight excluding hydrogens is 1040 g/mol. The van der Waals surface area contributed by atoms with E-state index in [4.69, 9.17) is 4.74 Å². The van der Waals surface area contributed by atoms with Crippen molar-refractivity contribution in [1.29, 1.82) is 0 Å². The molecule has 2 aliphatic rings. The van der Waals surface area contributed by atoms with Gasteiger partial charge in [0.05, 0.1) is 38.8 Å². The molecule has 5 nitrogen and oxygen atoms in total. The van der Waals surface area contributed by atoms with E-state index in [1.807, 2.05) is 0 Å². The molecule has 0 saturated heterocycles. The summed E-state index contributed by atoms with van der Waals surface area (Å²) >= 11 is 0. The number of benzene rings is 10. The fourth-order valence-electron chi connectivity index (χ4n) is 14.2. The van der Waals surface area contributed by atoms with Gasteiger partial charge in [0.25, 0.3) is 6.71 Å². The Bertz CT molecular complexity index is 4900. The number of aromatic nitrogens is 3. The number of nitrogens with zero attached hydrogens (tertiary/aromatic N) is 4. The lowest BCUT2D eigenvalue weighted by Gasteiger charge is -2.41. The summed E-state index contributed by atoms with van der Waals surface area (Å²) in [6.45, 7) is 34.6. The summed E-state index contributed by atoms with van der Waals surface area (Å²) in [6, 6.07) is 74.5. The van der Waals surface area contributed by atoms with Crippen LogP contribution < -0.4 is 26.0 Å². The lowest BCUT2D eigenvalue weighted by molar-refractivity contribution is 0.486. The van der Waals surface area contributed by atoms with Crippen molar-refractivity contribution >= 4 is 106 Å². The quantitative estimate of drug-likeness (QED) is 0.164. The lowest BCUT2D eigenvalue weighted by Crippen LogP contribution is -2.60. The van der Waals surface area contributed by atoms with Gasteiger partial charge in [0, 0.05) is 66.8 Å². The summed E-state index contributed by atoms with van der Waals surface area (Å²) in [5.41, 5.74) is 24.0. The first-order valence-electron chi connectivity index (χ1n) is 31.0. The van der Waals surface area contributed by atoms with E-state index in [0.717, 1.165) is 62.0 Å². The van der Waals surface area contributed by atoms with Crippen LogP contribution in [0.1, 0.15) is 132 Å². The van der Waals surface area contributed by atoms with Gasteiger partial charge < -0.3 is 23.3 Å². The fourth-order valence-corrected chi connectivity index (χ4v) is 14.2. The van der Waals surface area contributed by atoms with Crippen LogP contribution in [0.5, 0.6) is 11.5 Å². The summed E-state index contributed by atoms with van der Waals surface area (Å²) in [7, 11) is 0. The number of rotatable bonds is 4. The molecule has 86 heavy (non-hydrogen) atoms. The van der Waals surface area contributed by atoms with E-state index in [1.54, 1.807) is 0 Å². The fraction of sp³-hybridized carbons (Fsp3) is 0.250. The summed E-state index contributed by atoms with van der Waals surface area (Å²) in [6.07, 6.45) is 0. The van der Waals surface area contributed by atoms with Gasteiger partial charge in [0.1, 0.15) is 11.5 Å². The van der Waals surface area contributed by atoms with Gasteiger partial charge in [-0.2, -0.15) is 0 Å². The highest BCUT2D eigenvalue weighted by Gasteiger charge is 2.44. The number of fused-ring (bicyclic) bond motifs is 14. The Morgan fingerprint density at radius 2 is 0.709 bits per heavy atom. The molecule has 426 valence electrons. The Morgan fingerprint density at radius 1 is 0.291 bits per heavy atom. The van der Waals surface area contributed by atoms with Crippen molar-refractivity contribution < 1.29 is 4.74 Å². The van der Waals surface area contributed by atoms with Crippen LogP contribution in [-0.2, 0) is 27.1 Å². The topological polar surface area (TPSA) is 27.3 Å². The van der Waals surface area contributed by atoms with Gasteiger partial charge in [-0.3, -0.25) is 0 Å². The Balaban J connectivity index is 0.989. The molecule has 2 aliphatic heterocycles. The molecule has 6 heteroatoms. The summed E-state index contributed by atoms with van der Waals surface area (Å²) in [5.74, 6) is 1.79. The molecule has 0 saturated carbocycles. The summed E-state index contributed by atoms with van der Waals surface area (Å²) < 4.78 is 15.0. The van der Waals surface area contributed by atoms with Crippen LogP contribution in [0.15, 0.2) is 194 Å². The smallest absolute Gasteiger partial charge is 0.256 e. The van der Waals surface area contributed by atoms with Crippen LogP contribution in [0.2, 0.25) is 0 Å². The van der Waals surface area contributed by atoms with Gasteiger partial charge in [0.15, 0.2) is 0 Å². The van der Waals surface area contributed by atoms with Crippen molar-refractivity contribution in [2.45, 2.75) is 131 Å². The highest BCUT2D eigenvalue weighted by atomic mass is 16.5. The van der Waals surface area contributed by atoms with Crippen LogP contribution in [0.25, 0.3) is 82.5 Å². The van der Waals surface area contributed by atoms with Crippen molar-refractivity contribution in [1.82, 2.24) is 13.7 Å². The van der Waals surface area contributed by atoms with E-state index in [2.05, 4.69) is 317 Å². The molecule has 0 unspecified atom stereocenters. The van der Waals surface area contributed by atoms with Gasteiger partial charge in [0.2, 0.25) is 0 Å². The first-order chi connectivity index (χ1) is 40.8. The second-order valence-corrected chi connectivity index (χ2v) is 29.9. The van der Waals surface area contributed by atoms with Crippen molar-refractivity contribution in [3.63, 3.8) is 0 Å². The Morgan fingerprint density at radius 3 is 1.23 bits per heavy atom. The van der Waals surface area contributed by atoms with Crippen LogP contribution >= 0.6 is 0 Å². The van der Waals surface area contributed by atoms with Crippen molar-refractivity contribution in [2.24, 2.45) is 0 Å². The first-order valence-corrected chi connectivity index (χ1v) is 31.0. The Kier molecular flexibility index (Phi) is 11.5. The molecule has 0 N–H and O–H groups in total. The van der Waals surface area contributed by atoms with E-state index in [1.165, 1.54) is 93.2 Å². The maximum absolute atomic E-state index is 7.43. The summed E-state index contributed by atoms with van der Waals surface area (Å²) in [5, 5.41) is 7.39. The number of ether oxygens (including phenoxy) is 1. The Labute approximate surface area is 507 Å². The third-order valence-electron chi connectivity index (χ3n) is 19.1. The molecule has 0 atom stereocenters. The molecule has 5 heterocycles. The molecule has 0 spiro atoms. The molecule has 0 amide bonds. The van der Waals surface area contributed by atoms with E-state index in [0.29, 0.717) is 0 Å². The predicted octanol–water partition coefficient (Wildman–Crippen LogP) is 19.9. The number of hydrogen-bond donors (Lipinski definition) is 0. The highest BCUT2D eigenvalue weighted by Crippen LogP contribution is 2.48. The molecule has 15 rings (SSSR count). The van der Waals surface area contributed by atoms with E-state index in [9.17, 15) is 0 Å². The van der Waals surface area contributed by atoms with E-state index < -0.39 is 0 Å². The maximum atomic E-state index is 7.43. The summed E-state index contributed by atoms with van der Waals surface area (Å²) in [4.78, 5) is 2.53. The van der Waals surface area contributed by atoms with Gasteiger partial charge in [-0.05, 0) is 162 Å². The first kappa shape index (κ1) is 54.0. The standard InChI is InChI=1S/C80H77BN4O/c1-76(2,3)48-24-30-53(31-25-48)83-69-40-28-51(79(10,11)12)44-63(69)81-64-45-52(80(13,14)15)29-41-71(64)86-72-47-56(46-70(83)73(72)81)85-66-23-19-17-21-58(66)60-37-36-59-57-20-16-18-22-65(57)84(74(59)75(60)85)55-34-32-54(33-35-55)82-67-38-26-49(77(4,5)6)42-61(67)62-43-50(78(7,8)9)27-39-68(62)82/h16-47H,1-15H3. The zero-order valence-electron chi connectivity index (χ0n) is 52.7. The molecule has 0 fully saturated rings. The lowest BCUT2D eigenvalue weighted by atomic mass is 9.33. The second-order valence-electron chi connectivity index (χ2n) is 29.9. The van der Waals surface area contributed by atoms with E-state index in [-0.39, 0.29) is 33.8 Å².